The predicted molar refractivity (Wildman–Crippen MR) is 71.0 cm³/mol. The standard InChI is InChI=1S/C14H28N2O/c1-14(2,17-3)13(15)10-16-9-8-11-6-4-5-7-12(11)16/h11-13H,4-10,15H2,1-3H3. The number of hydrogen-bond donors (Lipinski definition) is 1. The topological polar surface area (TPSA) is 38.5 Å². The molecular weight excluding hydrogens is 212 g/mol. The lowest BCUT2D eigenvalue weighted by molar-refractivity contribution is -0.0112. The van der Waals surface area contributed by atoms with Crippen molar-refractivity contribution in [3.8, 4) is 0 Å². The minimum Gasteiger partial charge on any atom is -0.377 e. The van der Waals surface area contributed by atoms with E-state index in [0.717, 1.165) is 18.5 Å². The lowest BCUT2D eigenvalue weighted by atomic mass is 9.85. The van der Waals surface area contributed by atoms with Crippen molar-refractivity contribution in [1.82, 2.24) is 4.90 Å². The van der Waals surface area contributed by atoms with E-state index in [1.54, 1.807) is 7.11 Å². The van der Waals surface area contributed by atoms with Crippen molar-refractivity contribution in [3.05, 3.63) is 0 Å². The first-order chi connectivity index (χ1) is 8.04. The van der Waals surface area contributed by atoms with E-state index in [-0.39, 0.29) is 11.6 Å². The van der Waals surface area contributed by atoms with E-state index in [1.807, 2.05) is 0 Å². The summed E-state index contributed by atoms with van der Waals surface area (Å²) in [7, 11) is 1.76. The third kappa shape index (κ3) is 2.83. The molecule has 1 aliphatic carbocycles. The largest absolute Gasteiger partial charge is 0.377 e. The first-order valence-corrected chi connectivity index (χ1v) is 7.09. The highest BCUT2D eigenvalue weighted by Crippen LogP contribution is 2.36. The molecule has 0 aromatic carbocycles. The van der Waals surface area contributed by atoms with Crippen LogP contribution in [0, 0.1) is 5.92 Å². The van der Waals surface area contributed by atoms with E-state index in [9.17, 15) is 0 Å². The second-order valence-electron chi connectivity index (χ2n) is 6.31. The Labute approximate surface area is 106 Å². The average molecular weight is 240 g/mol. The summed E-state index contributed by atoms with van der Waals surface area (Å²) in [5.74, 6) is 0.946. The third-order valence-electron chi connectivity index (χ3n) is 4.98. The molecule has 0 aromatic heterocycles. The highest BCUT2D eigenvalue weighted by molar-refractivity contribution is 4.94. The fraction of sp³-hybridized carbons (Fsp3) is 1.00. The summed E-state index contributed by atoms with van der Waals surface area (Å²) in [6.07, 6.45) is 7.03. The van der Waals surface area contributed by atoms with Crippen molar-refractivity contribution in [1.29, 1.82) is 0 Å². The normalized spacial score (nSPS) is 32.5. The molecule has 0 spiro atoms. The Balaban J connectivity index is 1.91. The molecule has 2 N–H and O–H groups in total. The van der Waals surface area contributed by atoms with E-state index < -0.39 is 0 Å². The number of likely N-dealkylation sites (tertiary alicyclic amines) is 1. The number of methoxy groups -OCH3 is 1. The van der Waals surface area contributed by atoms with Gasteiger partial charge < -0.3 is 10.5 Å². The summed E-state index contributed by atoms with van der Waals surface area (Å²) < 4.78 is 5.49. The minimum atomic E-state index is -0.216. The number of ether oxygens (including phenoxy) is 1. The second kappa shape index (κ2) is 5.25. The van der Waals surface area contributed by atoms with Gasteiger partial charge in [0, 0.05) is 25.7 Å². The van der Waals surface area contributed by atoms with Crippen LogP contribution in [-0.2, 0) is 4.74 Å². The van der Waals surface area contributed by atoms with Crippen LogP contribution in [0.3, 0.4) is 0 Å². The Morgan fingerprint density at radius 3 is 2.71 bits per heavy atom. The predicted octanol–water partition coefficient (Wildman–Crippen LogP) is 2.00. The zero-order valence-corrected chi connectivity index (χ0v) is 11.6. The van der Waals surface area contributed by atoms with E-state index >= 15 is 0 Å². The first kappa shape index (κ1) is 13.3. The molecule has 2 fully saturated rings. The lowest BCUT2D eigenvalue weighted by Gasteiger charge is -2.37. The van der Waals surface area contributed by atoms with E-state index in [1.165, 1.54) is 38.6 Å². The quantitative estimate of drug-likeness (QED) is 0.817. The van der Waals surface area contributed by atoms with Gasteiger partial charge >= 0.3 is 0 Å². The Kier molecular flexibility index (Phi) is 4.11. The van der Waals surface area contributed by atoms with Gasteiger partial charge in [-0.3, -0.25) is 4.90 Å². The molecule has 1 saturated heterocycles. The fourth-order valence-electron chi connectivity index (χ4n) is 3.35. The van der Waals surface area contributed by atoms with Crippen molar-refractivity contribution in [3.63, 3.8) is 0 Å². The maximum absolute atomic E-state index is 6.30. The Bertz CT molecular complexity index is 255. The van der Waals surface area contributed by atoms with E-state index in [4.69, 9.17) is 10.5 Å². The van der Waals surface area contributed by atoms with Crippen LogP contribution in [0.2, 0.25) is 0 Å². The average Bonchev–Trinajstić information content (AvgIpc) is 2.73. The highest BCUT2D eigenvalue weighted by atomic mass is 16.5. The van der Waals surface area contributed by atoms with Gasteiger partial charge in [-0.15, -0.1) is 0 Å². The van der Waals surface area contributed by atoms with Gasteiger partial charge in [0.15, 0.2) is 0 Å². The van der Waals surface area contributed by atoms with Crippen LogP contribution in [0.4, 0.5) is 0 Å². The van der Waals surface area contributed by atoms with Crippen LogP contribution in [-0.4, -0.2) is 42.8 Å². The van der Waals surface area contributed by atoms with Gasteiger partial charge in [-0.1, -0.05) is 12.8 Å². The zero-order valence-electron chi connectivity index (χ0n) is 11.6. The molecule has 3 heteroatoms. The second-order valence-corrected chi connectivity index (χ2v) is 6.31. The van der Waals surface area contributed by atoms with Gasteiger partial charge in [-0.05, 0) is 45.6 Å². The molecule has 1 aliphatic heterocycles. The van der Waals surface area contributed by atoms with Crippen molar-refractivity contribution >= 4 is 0 Å². The summed E-state index contributed by atoms with van der Waals surface area (Å²) in [5.41, 5.74) is 6.08. The van der Waals surface area contributed by atoms with Gasteiger partial charge in [-0.2, -0.15) is 0 Å². The van der Waals surface area contributed by atoms with Gasteiger partial charge in [0.2, 0.25) is 0 Å². The van der Waals surface area contributed by atoms with Crippen molar-refractivity contribution in [2.75, 3.05) is 20.2 Å². The molecule has 17 heavy (non-hydrogen) atoms. The van der Waals surface area contributed by atoms with Crippen molar-refractivity contribution < 1.29 is 4.74 Å². The molecule has 0 radical (unpaired) electrons. The summed E-state index contributed by atoms with van der Waals surface area (Å²) in [6, 6.07) is 0.913. The van der Waals surface area contributed by atoms with Crippen LogP contribution in [0.1, 0.15) is 46.0 Å². The van der Waals surface area contributed by atoms with Crippen LogP contribution >= 0.6 is 0 Å². The zero-order chi connectivity index (χ0) is 12.5. The summed E-state index contributed by atoms with van der Waals surface area (Å²) in [4.78, 5) is 2.62. The SMILES string of the molecule is COC(C)(C)C(N)CN1CCC2CCCCC21. The molecule has 100 valence electrons. The molecule has 3 nitrogen and oxygen atoms in total. The molecule has 1 saturated carbocycles. The maximum atomic E-state index is 6.30. The fourth-order valence-corrected chi connectivity index (χ4v) is 3.35. The van der Waals surface area contributed by atoms with Crippen molar-refractivity contribution in [2.45, 2.75) is 63.6 Å². The monoisotopic (exact) mass is 240 g/mol. The number of nitrogens with two attached hydrogens (primary N) is 1. The number of fused-ring (bicyclic) bond motifs is 1. The molecule has 3 atom stereocenters. The Morgan fingerprint density at radius 2 is 2.00 bits per heavy atom. The smallest absolute Gasteiger partial charge is 0.0785 e. The summed E-state index contributed by atoms with van der Waals surface area (Å²) in [5, 5.41) is 0. The van der Waals surface area contributed by atoms with Crippen molar-refractivity contribution in [2.24, 2.45) is 11.7 Å². The molecule has 1 heterocycles. The summed E-state index contributed by atoms with van der Waals surface area (Å²) in [6.45, 7) is 6.41. The van der Waals surface area contributed by atoms with Crippen LogP contribution < -0.4 is 5.73 Å². The molecule has 0 aromatic rings. The van der Waals surface area contributed by atoms with Crippen LogP contribution in [0.15, 0.2) is 0 Å². The van der Waals surface area contributed by atoms with Crippen LogP contribution in [0.5, 0.6) is 0 Å². The highest BCUT2D eigenvalue weighted by Gasteiger charge is 2.38. The number of nitrogens with zero attached hydrogens (tertiary/aromatic N) is 1. The molecule has 0 bridgehead atoms. The van der Waals surface area contributed by atoms with Gasteiger partial charge in [-0.25, -0.2) is 0 Å². The lowest BCUT2D eigenvalue weighted by Crippen LogP contribution is -2.53. The first-order valence-electron chi connectivity index (χ1n) is 7.09. The number of rotatable bonds is 4. The number of hydrogen-bond acceptors (Lipinski definition) is 3. The van der Waals surface area contributed by atoms with Crippen LogP contribution in [0.25, 0.3) is 0 Å². The molecule has 0 amide bonds. The third-order valence-corrected chi connectivity index (χ3v) is 4.98. The Morgan fingerprint density at radius 1 is 1.29 bits per heavy atom. The molecule has 2 aliphatic rings. The van der Waals surface area contributed by atoms with Gasteiger partial charge in [0.25, 0.3) is 0 Å². The maximum Gasteiger partial charge on any atom is 0.0785 e. The van der Waals surface area contributed by atoms with E-state index in [0.29, 0.717) is 0 Å². The molecule has 2 rings (SSSR count). The Hall–Kier alpha value is -0.120. The van der Waals surface area contributed by atoms with Gasteiger partial charge in [0.05, 0.1) is 5.60 Å². The molecular formula is C14H28N2O. The van der Waals surface area contributed by atoms with Gasteiger partial charge in [0.1, 0.15) is 0 Å². The minimum absolute atomic E-state index is 0.105. The molecule has 3 unspecified atom stereocenters. The summed E-state index contributed by atoms with van der Waals surface area (Å²) >= 11 is 0. The van der Waals surface area contributed by atoms with E-state index in [2.05, 4.69) is 18.7 Å².